The molecule has 6 heteroatoms. The Balaban J connectivity index is 1.53. The summed E-state index contributed by atoms with van der Waals surface area (Å²) >= 11 is 6.15. The topological polar surface area (TPSA) is 61.6 Å². The van der Waals surface area contributed by atoms with E-state index in [4.69, 9.17) is 25.6 Å². The quantitative estimate of drug-likeness (QED) is 0.500. The van der Waals surface area contributed by atoms with Gasteiger partial charge in [-0.3, -0.25) is 4.79 Å². The molecule has 0 N–H and O–H groups in total. The van der Waals surface area contributed by atoms with E-state index >= 15 is 0 Å². The summed E-state index contributed by atoms with van der Waals surface area (Å²) in [6, 6.07) is 14.7. The van der Waals surface area contributed by atoms with E-state index in [-0.39, 0.29) is 12.4 Å². The molecule has 0 saturated carbocycles. The van der Waals surface area contributed by atoms with Crippen LogP contribution in [0, 0.1) is 13.8 Å². The SMILES string of the molecule is Cc1noc(C)c1COc1ccc(CC(=O)O[C@H](C)c2ccccc2Cl)cc1. The van der Waals surface area contributed by atoms with Crippen LogP contribution in [0.15, 0.2) is 53.1 Å². The zero-order chi connectivity index (χ0) is 20.1. The lowest BCUT2D eigenvalue weighted by atomic mass is 10.1. The van der Waals surface area contributed by atoms with E-state index in [0.29, 0.717) is 17.4 Å². The van der Waals surface area contributed by atoms with Gasteiger partial charge in [-0.05, 0) is 44.5 Å². The van der Waals surface area contributed by atoms with Crippen molar-refractivity contribution >= 4 is 17.6 Å². The number of hydrogen-bond donors (Lipinski definition) is 0. The third kappa shape index (κ3) is 4.93. The largest absolute Gasteiger partial charge is 0.489 e. The van der Waals surface area contributed by atoms with Crippen LogP contribution in [0.25, 0.3) is 0 Å². The lowest BCUT2D eigenvalue weighted by Crippen LogP contribution is -2.11. The maximum absolute atomic E-state index is 12.2. The molecule has 0 saturated heterocycles. The molecule has 0 aliphatic carbocycles. The molecule has 0 aliphatic heterocycles. The summed E-state index contributed by atoms with van der Waals surface area (Å²) in [7, 11) is 0. The number of nitrogens with zero attached hydrogens (tertiary/aromatic N) is 1. The molecule has 28 heavy (non-hydrogen) atoms. The van der Waals surface area contributed by atoms with Crippen LogP contribution in [0.4, 0.5) is 0 Å². The first-order chi connectivity index (χ1) is 13.4. The third-order valence-corrected chi connectivity index (χ3v) is 4.83. The van der Waals surface area contributed by atoms with Crippen molar-refractivity contribution in [2.75, 3.05) is 0 Å². The number of ether oxygens (including phenoxy) is 2. The van der Waals surface area contributed by atoms with E-state index in [1.54, 1.807) is 6.07 Å². The van der Waals surface area contributed by atoms with Gasteiger partial charge >= 0.3 is 5.97 Å². The minimum absolute atomic E-state index is 0.180. The fraction of sp³-hybridized carbons (Fsp3) is 0.273. The van der Waals surface area contributed by atoms with Gasteiger partial charge in [-0.2, -0.15) is 0 Å². The van der Waals surface area contributed by atoms with Crippen LogP contribution in [0.1, 0.15) is 41.2 Å². The van der Waals surface area contributed by atoms with Crippen molar-refractivity contribution in [2.45, 2.75) is 39.9 Å². The minimum atomic E-state index is -0.404. The highest BCUT2D eigenvalue weighted by atomic mass is 35.5. The average molecular weight is 400 g/mol. The number of aryl methyl sites for hydroxylation is 2. The van der Waals surface area contributed by atoms with Crippen molar-refractivity contribution < 1.29 is 18.8 Å². The van der Waals surface area contributed by atoms with Crippen LogP contribution in [-0.2, 0) is 22.6 Å². The first kappa shape index (κ1) is 20.0. The maximum Gasteiger partial charge on any atom is 0.310 e. The summed E-state index contributed by atoms with van der Waals surface area (Å²) in [4.78, 5) is 12.2. The predicted octanol–water partition coefficient (Wildman–Crippen LogP) is 5.37. The Bertz CT molecular complexity index is 930. The zero-order valence-corrected chi connectivity index (χ0v) is 16.8. The van der Waals surface area contributed by atoms with Gasteiger partial charge < -0.3 is 14.0 Å². The molecule has 0 bridgehead atoms. The molecule has 1 aromatic heterocycles. The molecule has 0 amide bonds. The average Bonchev–Trinajstić information content (AvgIpc) is 2.99. The molecule has 0 fully saturated rings. The van der Waals surface area contributed by atoms with Gasteiger partial charge in [0.1, 0.15) is 24.2 Å². The van der Waals surface area contributed by atoms with Gasteiger partial charge in [-0.1, -0.05) is 47.1 Å². The molecule has 1 heterocycles. The van der Waals surface area contributed by atoms with Crippen molar-refractivity contribution in [3.63, 3.8) is 0 Å². The monoisotopic (exact) mass is 399 g/mol. The molecular weight excluding hydrogens is 378 g/mol. The molecule has 0 unspecified atom stereocenters. The summed E-state index contributed by atoms with van der Waals surface area (Å²) in [6.45, 7) is 5.94. The second-order valence-corrected chi connectivity index (χ2v) is 6.97. The number of hydrogen-bond acceptors (Lipinski definition) is 5. The van der Waals surface area contributed by atoms with E-state index in [2.05, 4.69) is 5.16 Å². The Hall–Kier alpha value is -2.79. The van der Waals surface area contributed by atoms with E-state index < -0.39 is 6.10 Å². The van der Waals surface area contributed by atoms with Crippen LogP contribution in [0.5, 0.6) is 5.75 Å². The van der Waals surface area contributed by atoms with Crippen LogP contribution in [-0.4, -0.2) is 11.1 Å². The highest BCUT2D eigenvalue weighted by Crippen LogP contribution is 2.25. The van der Waals surface area contributed by atoms with Gasteiger partial charge in [-0.25, -0.2) is 0 Å². The van der Waals surface area contributed by atoms with Crippen molar-refractivity contribution in [1.82, 2.24) is 5.16 Å². The molecule has 1 atom stereocenters. The Morgan fingerprint density at radius 1 is 1.14 bits per heavy atom. The normalized spacial score (nSPS) is 11.9. The summed E-state index contributed by atoms with van der Waals surface area (Å²) in [6.07, 6.45) is -0.224. The summed E-state index contributed by atoms with van der Waals surface area (Å²) < 4.78 is 16.4. The molecule has 146 valence electrons. The van der Waals surface area contributed by atoms with Gasteiger partial charge in [0.05, 0.1) is 17.7 Å². The summed E-state index contributed by atoms with van der Waals surface area (Å²) in [5.74, 6) is 1.16. The van der Waals surface area contributed by atoms with Gasteiger partial charge in [0.2, 0.25) is 0 Å². The summed E-state index contributed by atoms with van der Waals surface area (Å²) in [5.41, 5.74) is 3.41. The fourth-order valence-corrected chi connectivity index (χ4v) is 3.13. The van der Waals surface area contributed by atoms with Crippen molar-refractivity contribution in [3.05, 3.63) is 81.7 Å². The zero-order valence-electron chi connectivity index (χ0n) is 16.1. The number of benzene rings is 2. The van der Waals surface area contributed by atoms with E-state index in [1.165, 1.54) is 0 Å². The lowest BCUT2D eigenvalue weighted by Gasteiger charge is -2.15. The molecule has 3 rings (SSSR count). The standard InChI is InChI=1S/C22H22ClNO4/c1-14-20(16(3)28-24-14)13-26-18-10-8-17(9-11-18)12-22(25)27-15(2)19-6-4-5-7-21(19)23/h4-11,15H,12-13H2,1-3H3/t15-/m1/s1. The van der Waals surface area contributed by atoms with Gasteiger partial charge in [-0.15, -0.1) is 0 Å². The van der Waals surface area contributed by atoms with E-state index in [0.717, 1.165) is 28.1 Å². The van der Waals surface area contributed by atoms with Gasteiger partial charge in [0.25, 0.3) is 0 Å². The second-order valence-electron chi connectivity index (χ2n) is 6.57. The molecule has 2 aromatic carbocycles. The predicted molar refractivity (Wildman–Crippen MR) is 106 cm³/mol. The molecule has 0 spiro atoms. The first-order valence-corrected chi connectivity index (χ1v) is 9.39. The van der Waals surface area contributed by atoms with Gasteiger partial charge in [0.15, 0.2) is 0 Å². The van der Waals surface area contributed by atoms with E-state index in [9.17, 15) is 4.79 Å². The van der Waals surface area contributed by atoms with Crippen LogP contribution >= 0.6 is 11.6 Å². The second kappa shape index (κ2) is 8.93. The Labute approximate surface area is 169 Å². The Morgan fingerprint density at radius 3 is 2.50 bits per heavy atom. The molecule has 5 nitrogen and oxygen atoms in total. The number of esters is 1. The number of carbonyl (C=O) groups is 1. The number of aromatic nitrogens is 1. The maximum atomic E-state index is 12.2. The van der Waals surface area contributed by atoms with E-state index in [1.807, 2.05) is 63.2 Å². The van der Waals surface area contributed by atoms with Crippen molar-refractivity contribution in [1.29, 1.82) is 0 Å². The van der Waals surface area contributed by atoms with Crippen LogP contribution in [0.2, 0.25) is 5.02 Å². The highest BCUT2D eigenvalue weighted by Gasteiger charge is 2.15. The number of carbonyl (C=O) groups excluding carboxylic acids is 1. The van der Waals surface area contributed by atoms with Crippen molar-refractivity contribution in [2.24, 2.45) is 0 Å². The van der Waals surface area contributed by atoms with Gasteiger partial charge in [0, 0.05) is 10.6 Å². The molecule has 3 aromatic rings. The fourth-order valence-electron chi connectivity index (χ4n) is 2.84. The van der Waals surface area contributed by atoms with Crippen LogP contribution in [0.3, 0.4) is 0 Å². The minimum Gasteiger partial charge on any atom is -0.489 e. The first-order valence-electron chi connectivity index (χ1n) is 9.01. The number of rotatable bonds is 7. The highest BCUT2D eigenvalue weighted by molar-refractivity contribution is 6.31. The van der Waals surface area contributed by atoms with Crippen LogP contribution < -0.4 is 4.74 Å². The van der Waals surface area contributed by atoms with Crippen molar-refractivity contribution in [3.8, 4) is 5.75 Å². The molecule has 0 radical (unpaired) electrons. The Kier molecular flexibility index (Phi) is 6.37. The molecular formula is C22H22ClNO4. The summed E-state index contributed by atoms with van der Waals surface area (Å²) in [5, 5.41) is 4.50. The molecule has 0 aliphatic rings. The number of halogens is 1. The Morgan fingerprint density at radius 2 is 1.86 bits per heavy atom. The smallest absolute Gasteiger partial charge is 0.310 e. The third-order valence-electron chi connectivity index (χ3n) is 4.49. The lowest BCUT2D eigenvalue weighted by molar-refractivity contribution is -0.147.